The number of benzene rings is 2. The van der Waals surface area contributed by atoms with Gasteiger partial charge >= 0.3 is 5.97 Å². The topological polar surface area (TPSA) is 82.1 Å². The molecule has 156 valence electrons. The second-order valence-corrected chi connectivity index (χ2v) is 7.31. The highest BCUT2D eigenvalue weighted by Gasteiger charge is 2.36. The number of nitrogens with zero attached hydrogens (tertiary/aromatic N) is 1. The molecule has 2 aliphatic rings. The zero-order valence-corrected chi connectivity index (χ0v) is 16.8. The van der Waals surface area contributed by atoms with Crippen LogP contribution in [-0.2, 0) is 20.7 Å². The first kappa shape index (κ1) is 19.9. The third-order valence-electron chi connectivity index (χ3n) is 5.32. The Hall–Kier alpha value is -3.35. The third-order valence-corrected chi connectivity index (χ3v) is 5.32. The molecule has 1 atom stereocenters. The first-order valence-electron chi connectivity index (χ1n) is 10.0. The maximum absolute atomic E-state index is 12.4. The Morgan fingerprint density at radius 2 is 1.80 bits per heavy atom. The summed E-state index contributed by atoms with van der Waals surface area (Å²) in [6, 6.07) is 12.6. The van der Waals surface area contributed by atoms with Gasteiger partial charge in [0.25, 0.3) is 0 Å². The van der Waals surface area contributed by atoms with Gasteiger partial charge in [0.1, 0.15) is 13.2 Å². The molecule has 2 aliphatic heterocycles. The molecule has 1 unspecified atom stereocenters. The first-order chi connectivity index (χ1) is 14.5. The van der Waals surface area contributed by atoms with Crippen molar-refractivity contribution in [2.45, 2.75) is 19.8 Å². The van der Waals surface area contributed by atoms with Crippen LogP contribution in [0.5, 0.6) is 11.5 Å². The van der Waals surface area contributed by atoms with Crippen molar-refractivity contribution < 1.29 is 28.6 Å². The molecule has 2 heterocycles. The van der Waals surface area contributed by atoms with Gasteiger partial charge in [0.05, 0.1) is 5.92 Å². The van der Waals surface area contributed by atoms with Gasteiger partial charge in [-0.05, 0) is 42.3 Å². The van der Waals surface area contributed by atoms with Crippen LogP contribution in [0.4, 0.5) is 5.69 Å². The molecule has 0 bridgehead atoms. The smallest absolute Gasteiger partial charge is 0.311 e. The summed E-state index contributed by atoms with van der Waals surface area (Å²) < 4.78 is 16.1. The van der Waals surface area contributed by atoms with Crippen LogP contribution >= 0.6 is 0 Å². The molecule has 7 heteroatoms. The van der Waals surface area contributed by atoms with Crippen LogP contribution in [0.25, 0.3) is 0 Å². The Labute approximate surface area is 174 Å². The van der Waals surface area contributed by atoms with Crippen molar-refractivity contribution in [2.24, 2.45) is 5.92 Å². The summed E-state index contributed by atoms with van der Waals surface area (Å²) in [6.45, 7) is 2.83. The summed E-state index contributed by atoms with van der Waals surface area (Å²) in [5.74, 6) is -0.495. The lowest BCUT2D eigenvalue weighted by atomic mass is 10.1. The summed E-state index contributed by atoms with van der Waals surface area (Å²) >= 11 is 0. The van der Waals surface area contributed by atoms with Gasteiger partial charge in [-0.15, -0.1) is 0 Å². The molecule has 0 spiro atoms. The molecule has 30 heavy (non-hydrogen) atoms. The monoisotopic (exact) mass is 409 g/mol. The van der Waals surface area contributed by atoms with Crippen LogP contribution in [0.3, 0.4) is 0 Å². The van der Waals surface area contributed by atoms with Crippen molar-refractivity contribution >= 4 is 23.3 Å². The van der Waals surface area contributed by atoms with Crippen LogP contribution in [0, 0.1) is 5.92 Å². The standard InChI is InChI=1S/C23H23NO6/c1-2-15-3-6-18(7-4-15)24-13-17(12-22(24)26)23(27)30-14-19(25)16-5-8-20-21(11-16)29-10-9-28-20/h3-8,11,17H,2,9-10,12-14H2,1H3. The van der Waals surface area contributed by atoms with Gasteiger partial charge in [-0.1, -0.05) is 19.1 Å². The zero-order valence-electron chi connectivity index (χ0n) is 16.8. The summed E-state index contributed by atoms with van der Waals surface area (Å²) in [5, 5.41) is 0. The largest absolute Gasteiger partial charge is 0.486 e. The van der Waals surface area contributed by atoms with Crippen molar-refractivity contribution in [3.8, 4) is 11.5 Å². The molecule has 0 N–H and O–H groups in total. The minimum atomic E-state index is -0.587. The van der Waals surface area contributed by atoms with E-state index in [-0.39, 0.29) is 31.3 Å². The van der Waals surface area contributed by atoms with E-state index in [0.717, 1.165) is 12.1 Å². The van der Waals surface area contributed by atoms with Gasteiger partial charge in [-0.3, -0.25) is 14.4 Å². The zero-order chi connectivity index (χ0) is 21.1. The van der Waals surface area contributed by atoms with Crippen molar-refractivity contribution in [3.63, 3.8) is 0 Å². The lowest BCUT2D eigenvalue weighted by molar-refractivity contribution is -0.147. The predicted molar refractivity (Wildman–Crippen MR) is 109 cm³/mol. The van der Waals surface area contributed by atoms with E-state index in [1.165, 1.54) is 5.56 Å². The third kappa shape index (κ3) is 4.15. The van der Waals surface area contributed by atoms with E-state index in [4.69, 9.17) is 14.2 Å². The highest BCUT2D eigenvalue weighted by atomic mass is 16.6. The Bertz CT molecular complexity index is 968. The summed E-state index contributed by atoms with van der Waals surface area (Å²) in [6.07, 6.45) is 0.993. The number of rotatable bonds is 6. The number of ether oxygens (including phenoxy) is 3. The summed E-state index contributed by atoms with van der Waals surface area (Å²) in [5.41, 5.74) is 2.33. The van der Waals surface area contributed by atoms with Crippen LogP contribution < -0.4 is 14.4 Å². The summed E-state index contributed by atoms with van der Waals surface area (Å²) in [7, 11) is 0. The normalized spacial score (nSPS) is 17.7. The predicted octanol–water partition coefficient (Wildman–Crippen LogP) is 2.80. The number of carbonyl (C=O) groups excluding carboxylic acids is 3. The van der Waals surface area contributed by atoms with Crippen LogP contribution in [0.15, 0.2) is 42.5 Å². The van der Waals surface area contributed by atoms with Gasteiger partial charge in [0, 0.05) is 24.2 Å². The number of hydrogen-bond donors (Lipinski definition) is 0. The minimum absolute atomic E-state index is 0.0760. The van der Waals surface area contributed by atoms with E-state index in [9.17, 15) is 14.4 Å². The molecule has 4 rings (SSSR count). The number of carbonyl (C=O) groups is 3. The second-order valence-electron chi connectivity index (χ2n) is 7.31. The number of aryl methyl sites for hydroxylation is 1. The molecule has 2 aromatic rings. The van der Waals surface area contributed by atoms with Crippen LogP contribution in [0.1, 0.15) is 29.3 Å². The first-order valence-corrected chi connectivity index (χ1v) is 10.0. The minimum Gasteiger partial charge on any atom is -0.486 e. The number of esters is 1. The maximum Gasteiger partial charge on any atom is 0.311 e. The van der Waals surface area contributed by atoms with Gasteiger partial charge in [-0.25, -0.2) is 0 Å². The van der Waals surface area contributed by atoms with Crippen molar-refractivity contribution in [2.75, 3.05) is 31.3 Å². The number of anilines is 1. The molecule has 1 amide bonds. The van der Waals surface area contributed by atoms with Crippen LogP contribution in [0.2, 0.25) is 0 Å². The highest BCUT2D eigenvalue weighted by molar-refractivity contribution is 6.01. The van der Waals surface area contributed by atoms with E-state index in [1.807, 2.05) is 24.3 Å². The number of ketones is 1. The van der Waals surface area contributed by atoms with Crippen molar-refractivity contribution in [1.29, 1.82) is 0 Å². The fourth-order valence-corrected chi connectivity index (χ4v) is 3.58. The molecule has 0 saturated carbocycles. The molecule has 0 aromatic heterocycles. The molecule has 7 nitrogen and oxygen atoms in total. The molecule has 2 aromatic carbocycles. The fraction of sp³-hybridized carbons (Fsp3) is 0.348. The number of Topliss-reactive ketones (excluding diaryl/α,β-unsaturated/α-hetero) is 1. The Morgan fingerprint density at radius 1 is 1.07 bits per heavy atom. The van der Waals surface area contributed by atoms with E-state index in [2.05, 4.69) is 6.92 Å². The van der Waals surface area contributed by atoms with Crippen LogP contribution in [-0.4, -0.2) is 44.0 Å². The number of fused-ring (bicyclic) bond motifs is 1. The van der Waals surface area contributed by atoms with E-state index in [1.54, 1.807) is 23.1 Å². The second kappa shape index (κ2) is 8.57. The van der Waals surface area contributed by atoms with E-state index in [0.29, 0.717) is 30.3 Å². The molecular formula is C23H23NO6. The Morgan fingerprint density at radius 3 is 2.53 bits per heavy atom. The van der Waals surface area contributed by atoms with Gasteiger partial charge in [0.2, 0.25) is 5.91 Å². The Balaban J connectivity index is 1.34. The average molecular weight is 409 g/mol. The van der Waals surface area contributed by atoms with Gasteiger partial charge in [0.15, 0.2) is 23.9 Å². The number of amides is 1. The lowest BCUT2D eigenvalue weighted by Crippen LogP contribution is -2.27. The summed E-state index contributed by atoms with van der Waals surface area (Å²) in [4.78, 5) is 38.8. The fourth-order valence-electron chi connectivity index (χ4n) is 3.58. The maximum atomic E-state index is 12.4. The highest BCUT2D eigenvalue weighted by Crippen LogP contribution is 2.31. The van der Waals surface area contributed by atoms with Crippen molar-refractivity contribution in [1.82, 2.24) is 0 Å². The molecule has 0 aliphatic carbocycles. The lowest BCUT2D eigenvalue weighted by Gasteiger charge is -2.18. The molecule has 1 saturated heterocycles. The van der Waals surface area contributed by atoms with Gasteiger partial charge in [-0.2, -0.15) is 0 Å². The quantitative estimate of drug-likeness (QED) is 0.539. The van der Waals surface area contributed by atoms with Gasteiger partial charge < -0.3 is 19.1 Å². The molecule has 0 radical (unpaired) electrons. The Kier molecular flexibility index (Phi) is 5.70. The SMILES string of the molecule is CCc1ccc(N2CC(C(=O)OCC(=O)c3ccc4c(c3)OCCO4)CC2=O)cc1. The van der Waals surface area contributed by atoms with E-state index >= 15 is 0 Å². The average Bonchev–Trinajstić information content (AvgIpc) is 3.18. The van der Waals surface area contributed by atoms with E-state index < -0.39 is 11.9 Å². The molecular weight excluding hydrogens is 386 g/mol. The molecule has 1 fully saturated rings. The van der Waals surface area contributed by atoms with Crippen molar-refractivity contribution in [3.05, 3.63) is 53.6 Å². The number of hydrogen-bond acceptors (Lipinski definition) is 6.